The number of hydrogen-bond acceptors (Lipinski definition) is 5. The maximum absolute atomic E-state index is 12.2. The Hall–Kier alpha value is -2.06. The van der Waals surface area contributed by atoms with Crippen molar-refractivity contribution in [2.24, 2.45) is 7.05 Å². The Morgan fingerprint density at radius 2 is 2.12 bits per heavy atom. The van der Waals surface area contributed by atoms with Gasteiger partial charge in [0.25, 0.3) is 0 Å². The second-order valence-electron chi connectivity index (χ2n) is 5.55. The molecule has 0 unspecified atom stereocenters. The summed E-state index contributed by atoms with van der Waals surface area (Å²) in [6.45, 7) is 3.83. The summed E-state index contributed by atoms with van der Waals surface area (Å²) >= 11 is 4.76. The van der Waals surface area contributed by atoms with Gasteiger partial charge in [-0.25, -0.2) is 0 Å². The molecule has 0 aliphatic carbocycles. The van der Waals surface area contributed by atoms with Crippen LogP contribution in [0.25, 0.3) is 11.4 Å². The van der Waals surface area contributed by atoms with Gasteiger partial charge in [-0.15, -0.1) is 10.2 Å². The minimum Gasteiger partial charge on any atom is -0.469 e. The summed E-state index contributed by atoms with van der Waals surface area (Å²) in [4.78, 5) is 12.2. The summed E-state index contributed by atoms with van der Waals surface area (Å²) in [6, 6.07) is 7.60. The second kappa shape index (κ2) is 7.45. The maximum atomic E-state index is 12.2. The SMILES string of the molecule is Cc1cc(Br)ccc1NC(=O)CSc1nnc(-c2ccoc2C)n1C. The van der Waals surface area contributed by atoms with Crippen LogP contribution >= 0.6 is 27.7 Å². The van der Waals surface area contributed by atoms with Gasteiger partial charge in [0.1, 0.15) is 5.76 Å². The summed E-state index contributed by atoms with van der Waals surface area (Å²) in [5, 5.41) is 12.0. The van der Waals surface area contributed by atoms with E-state index in [0.29, 0.717) is 5.16 Å². The number of aromatic nitrogens is 3. The highest BCUT2D eigenvalue weighted by Gasteiger charge is 2.16. The fraction of sp³-hybridized carbons (Fsp3) is 0.235. The molecule has 25 heavy (non-hydrogen) atoms. The van der Waals surface area contributed by atoms with Crippen LogP contribution in [0.15, 0.2) is 44.6 Å². The number of hydrogen-bond donors (Lipinski definition) is 1. The van der Waals surface area contributed by atoms with E-state index in [1.165, 1.54) is 11.8 Å². The van der Waals surface area contributed by atoms with Crippen molar-refractivity contribution < 1.29 is 9.21 Å². The highest BCUT2D eigenvalue weighted by atomic mass is 79.9. The Kier molecular flexibility index (Phi) is 5.29. The molecule has 3 aromatic rings. The smallest absolute Gasteiger partial charge is 0.234 e. The lowest BCUT2D eigenvalue weighted by molar-refractivity contribution is -0.113. The molecule has 0 spiro atoms. The molecule has 1 amide bonds. The molecule has 0 aliphatic rings. The van der Waals surface area contributed by atoms with Crippen molar-refractivity contribution in [3.8, 4) is 11.4 Å². The van der Waals surface area contributed by atoms with Crippen molar-refractivity contribution in [3.05, 3.63) is 46.3 Å². The van der Waals surface area contributed by atoms with E-state index >= 15 is 0 Å². The number of furan rings is 1. The fourth-order valence-electron chi connectivity index (χ4n) is 2.38. The standard InChI is InChI=1S/C17H17BrN4O2S/c1-10-8-12(18)4-5-14(10)19-15(23)9-25-17-21-20-16(22(17)3)13-6-7-24-11(13)2/h4-8H,9H2,1-3H3,(H,19,23). The van der Waals surface area contributed by atoms with Crippen molar-refractivity contribution >= 4 is 39.3 Å². The van der Waals surface area contributed by atoms with E-state index in [-0.39, 0.29) is 11.7 Å². The topological polar surface area (TPSA) is 73.0 Å². The first kappa shape index (κ1) is 17.8. The predicted octanol–water partition coefficient (Wildman–Crippen LogP) is 4.19. The number of anilines is 1. The maximum Gasteiger partial charge on any atom is 0.234 e. The van der Waals surface area contributed by atoms with E-state index in [4.69, 9.17) is 4.42 Å². The quantitative estimate of drug-likeness (QED) is 0.626. The predicted molar refractivity (Wildman–Crippen MR) is 102 cm³/mol. The lowest BCUT2D eigenvalue weighted by Gasteiger charge is -2.08. The average molecular weight is 421 g/mol. The largest absolute Gasteiger partial charge is 0.469 e. The molecule has 3 rings (SSSR count). The van der Waals surface area contributed by atoms with Crippen LogP contribution in [0, 0.1) is 13.8 Å². The van der Waals surface area contributed by atoms with E-state index in [9.17, 15) is 4.79 Å². The third-order valence-corrected chi connectivity index (χ3v) is 5.24. The van der Waals surface area contributed by atoms with Crippen LogP contribution in [-0.2, 0) is 11.8 Å². The van der Waals surface area contributed by atoms with Gasteiger partial charge in [-0.05, 0) is 43.7 Å². The van der Waals surface area contributed by atoms with Gasteiger partial charge in [0.15, 0.2) is 11.0 Å². The Morgan fingerprint density at radius 3 is 2.80 bits per heavy atom. The Balaban J connectivity index is 1.65. The minimum atomic E-state index is -0.0838. The van der Waals surface area contributed by atoms with Gasteiger partial charge in [-0.2, -0.15) is 0 Å². The van der Waals surface area contributed by atoms with Gasteiger partial charge in [-0.3, -0.25) is 4.79 Å². The number of amides is 1. The second-order valence-corrected chi connectivity index (χ2v) is 7.41. The molecule has 2 heterocycles. The Morgan fingerprint density at radius 1 is 1.32 bits per heavy atom. The molecule has 1 N–H and O–H groups in total. The van der Waals surface area contributed by atoms with E-state index in [2.05, 4.69) is 31.4 Å². The Labute approximate surface area is 158 Å². The van der Waals surface area contributed by atoms with Crippen molar-refractivity contribution in [1.29, 1.82) is 0 Å². The fourth-order valence-corrected chi connectivity index (χ4v) is 3.56. The zero-order valence-electron chi connectivity index (χ0n) is 14.0. The first-order valence-corrected chi connectivity index (χ1v) is 9.36. The lowest BCUT2D eigenvalue weighted by Crippen LogP contribution is -2.15. The molecule has 0 aliphatic heterocycles. The van der Waals surface area contributed by atoms with Crippen LogP contribution in [0.5, 0.6) is 0 Å². The van der Waals surface area contributed by atoms with Gasteiger partial charge in [0.05, 0.1) is 17.6 Å². The lowest BCUT2D eigenvalue weighted by atomic mass is 10.2. The number of carbonyl (C=O) groups is 1. The summed E-state index contributed by atoms with van der Waals surface area (Å²) in [6.07, 6.45) is 1.63. The normalized spacial score (nSPS) is 10.9. The molecule has 0 saturated heterocycles. The first-order chi connectivity index (χ1) is 12.0. The zero-order chi connectivity index (χ0) is 18.0. The van der Waals surface area contributed by atoms with Crippen LogP contribution < -0.4 is 5.32 Å². The molecule has 6 nitrogen and oxygen atoms in total. The molecule has 2 aromatic heterocycles. The number of nitrogens with one attached hydrogen (secondary N) is 1. The Bertz CT molecular complexity index is 919. The van der Waals surface area contributed by atoms with Crippen LogP contribution in [0.2, 0.25) is 0 Å². The number of aryl methyl sites for hydroxylation is 2. The molecular weight excluding hydrogens is 404 g/mol. The molecule has 8 heteroatoms. The summed E-state index contributed by atoms with van der Waals surface area (Å²) in [7, 11) is 1.88. The number of nitrogens with zero attached hydrogens (tertiary/aromatic N) is 3. The van der Waals surface area contributed by atoms with Crippen molar-refractivity contribution in [2.75, 3.05) is 11.1 Å². The molecule has 0 atom stereocenters. The molecule has 130 valence electrons. The highest BCUT2D eigenvalue weighted by Crippen LogP contribution is 2.26. The number of halogens is 1. The van der Waals surface area contributed by atoms with Gasteiger partial charge < -0.3 is 14.3 Å². The number of carbonyl (C=O) groups excluding carboxylic acids is 1. The van der Waals surface area contributed by atoms with Crippen LogP contribution in [0.1, 0.15) is 11.3 Å². The van der Waals surface area contributed by atoms with Crippen LogP contribution in [0.3, 0.4) is 0 Å². The third-order valence-electron chi connectivity index (χ3n) is 3.73. The minimum absolute atomic E-state index is 0.0838. The van der Waals surface area contributed by atoms with E-state index < -0.39 is 0 Å². The van der Waals surface area contributed by atoms with E-state index in [1.54, 1.807) is 6.26 Å². The van der Waals surface area contributed by atoms with Gasteiger partial charge in [-0.1, -0.05) is 27.7 Å². The van der Waals surface area contributed by atoms with E-state index in [1.807, 2.05) is 49.7 Å². The van der Waals surface area contributed by atoms with Crippen molar-refractivity contribution in [2.45, 2.75) is 19.0 Å². The summed E-state index contributed by atoms with van der Waals surface area (Å²) in [5.41, 5.74) is 2.71. The average Bonchev–Trinajstić information content (AvgIpc) is 3.14. The molecule has 0 radical (unpaired) electrons. The number of rotatable bonds is 5. The summed E-state index contributed by atoms with van der Waals surface area (Å²) < 4.78 is 8.16. The zero-order valence-corrected chi connectivity index (χ0v) is 16.4. The summed E-state index contributed by atoms with van der Waals surface area (Å²) in [5.74, 6) is 1.68. The first-order valence-electron chi connectivity index (χ1n) is 7.58. The van der Waals surface area contributed by atoms with E-state index in [0.717, 1.165) is 32.9 Å². The molecule has 0 saturated carbocycles. The number of benzene rings is 1. The van der Waals surface area contributed by atoms with Crippen molar-refractivity contribution in [3.63, 3.8) is 0 Å². The van der Waals surface area contributed by atoms with Gasteiger partial charge >= 0.3 is 0 Å². The van der Waals surface area contributed by atoms with Gasteiger partial charge in [0.2, 0.25) is 5.91 Å². The molecule has 0 fully saturated rings. The van der Waals surface area contributed by atoms with Gasteiger partial charge in [0, 0.05) is 17.2 Å². The number of thioether (sulfide) groups is 1. The monoisotopic (exact) mass is 420 g/mol. The molecular formula is C17H17BrN4O2S. The van der Waals surface area contributed by atoms with Crippen LogP contribution in [0.4, 0.5) is 5.69 Å². The molecule has 0 bridgehead atoms. The van der Waals surface area contributed by atoms with Crippen LogP contribution in [-0.4, -0.2) is 26.4 Å². The van der Waals surface area contributed by atoms with Crippen molar-refractivity contribution in [1.82, 2.24) is 14.8 Å². The third kappa shape index (κ3) is 3.96. The molecule has 1 aromatic carbocycles. The highest BCUT2D eigenvalue weighted by molar-refractivity contribution is 9.10.